The zero-order valence-electron chi connectivity index (χ0n) is 14.1. The highest BCUT2D eigenvalue weighted by Crippen LogP contribution is 2.25. The second-order valence-electron chi connectivity index (χ2n) is 6.37. The number of aryl methyl sites for hydroxylation is 1. The Morgan fingerprint density at radius 3 is 2.88 bits per heavy atom. The van der Waals surface area contributed by atoms with Gasteiger partial charge < -0.3 is 14.0 Å². The summed E-state index contributed by atoms with van der Waals surface area (Å²) in [6.07, 6.45) is 5.81. The first-order valence-electron chi connectivity index (χ1n) is 8.53. The van der Waals surface area contributed by atoms with Gasteiger partial charge in [-0.25, -0.2) is 4.98 Å². The third-order valence-corrected chi connectivity index (χ3v) is 4.73. The van der Waals surface area contributed by atoms with Crippen LogP contribution in [0.3, 0.4) is 0 Å². The van der Waals surface area contributed by atoms with E-state index in [0.717, 1.165) is 30.8 Å². The molecule has 0 bridgehead atoms. The molecule has 1 fully saturated rings. The summed E-state index contributed by atoms with van der Waals surface area (Å²) in [6.45, 7) is 3.41. The number of nitrogens with zero attached hydrogens (tertiary/aromatic N) is 4. The van der Waals surface area contributed by atoms with Crippen molar-refractivity contribution < 1.29 is 9.32 Å². The van der Waals surface area contributed by atoms with E-state index in [9.17, 15) is 4.79 Å². The molecule has 0 N–H and O–H groups in total. The van der Waals surface area contributed by atoms with Crippen molar-refractivity contribution in [3.63, 3.8) is 0 Å². The van der Waals surface area contributed by atoms with Gasteiger partial charge in [0.1, 0.15) is 5.82 Å². The average molecular weight is 336 g/mol. The fraction of sp³-hybridized carbons (Fsp3) is 0.316. The van der Waals surface area contributed by atoms with E-state index in [1.165, 1.54) is 0 Å². The number of imidazole rings is 1. The molecule has 3 heterocycles. The summed E-state index contributed by atoms with van der Waals surface area (Å²) < 4.78 is 7.52. The number of hydrogen-bond donors (Lipinski definition) is 0. The Balaban J connectivity index is 1.51. The van der Waals surface area contributed by atoms with Gasteiger partial charge in [0.05, 0.1) is 6.04 Å². The molecule has 1 aliphatic rings. The van der Waals surface area contributed by atoms with Crippen LogP contribution in [0.25, 0.3) is 11.3 Å². The Morgan fingerprint density at radius 1 is 1.28 bits per heavy atom. The summed E-state index contributed by atoms with van der Waals surface area (Å²) in [5.74, 6) is 1.52. The summed E-state index contributed by atoms with van der Waals surface area (Å²) in [7, 11) is 0. The Labute approximate surface area is 146 Å². The van der Waals surface area contributed by atoms with E-state index in [-0.39, 0.29) is 11.9 Å². The highest BCUT2D eigenvalue weighted by molar-refractivity contribution is 5.93. The normalized spacial score (nSPS) is 17.6. The Morgan fingerprint density at radius 2 is 2.12 bits per heavy atom. The Hall–Kier alpha value is -2.89. The lowest BCUT2D eigenvalue weighted by Gasteiger charge is -2.33. The van der Waals surface area contributed by atoms with Crippen LogP contribution < -0.4 is 0 Å². The fourth-order valence-electron chi connectivity index (χ4n) is 3.42. The number of aromatic nitrogens is 3. The summed E-state index contributed by atoms with van der Waals surface area (Å²) >= 11 is 0. The second kappa shape index (κ2) is 6.55. The first kappa shape index (κ1) is 15.6. The second-order valence-corrected chi connectivity index (χ2v) is 6.37. The van der Waals surface area contributed by atoms with Crippen molar-refractivity contribution in [2.45, 2.75) is 25.8 Å². The number of carbonyl (C=O) groups excluding carboxylic acids is 1. The summed E-state index contributed by atoms with van der Waals surface area (Å²) in [6, 6.07) is 11.7. The number of rotatable bonds is 3. The van der Waals surface area contributed by atoms with Crippen molar-refractivity contribution in [1.29, 1.82) is 0 Å². The standard InChI is InChI=1S/C19H20N4O2/c1-14-20-9-11-23(14)16-8-5-10-22(13-16)19(24)17-12-18(25-21-17)15-6-3-2-4-7-15/h2-4,6-7,9,11-12,16H,5,8,10,13H2,1H3/t16-/m1/s1. The molecule has 0 unspecified atom stereocenters. The maximum absolute atomic E-state index is 12.8. The van der Waals surface area contributed by atoms with Gasteiger partial charge in [-0.3, -0.25) is 4.79 Å². The van der Waals surface area contributed by atoms with Crippen LogP contribution >= 0.6 is 0 Å². The zero-order valence-corrected chi connectivity index (χ0v) is 14.1. The predicted octanol–water partition coefficient (Wildman–Crippen LogP) is 3.32. The molecule has 0 saturated carbocycles. The van der Waals surface area contributed by atoms with Crippen molar-refractivity contribution in [1.82, 2.24) is 19.6 Å². The first-order valence-corrected chi connectivity index (χ1v) is 8.53. The summed E-state index contributed by atoms with van der Waals surface area (Å²) in [4.78, 5) is 19.0. The molecule has 0 spiro atoms. The van der Waals surface area contributed by atoms with E-state index >= 15 is 0 Å². The smallest absolute Gasteiger partial charge is 0.276 e. The van der Waals surface area contributed by atoms with Crippen LogP contribution in [0.5, 0.6) is 0 Å². The molecule has 4 rings (SSSR count). The minimum atomic E-state index is -0.0756. The number of piperidine rings is 1. The molecule has 1 atom stereocenters. The maximum Gasteiger partial charge on any atom is 0.276 e. The first-order chi connectivity index (χ1) is 12.2. The zero-order chi connectivity index (χ0) is 17.2. The number of carbonyl (C=O) groups is 1. The molecule has 0 aliphatic carbocycles. The number of likely N-dealkylation sites (tertiary alicyclic amines) is 1. The lowest BCUT2D eigenvalue weighted by Crippen LogP contribution is -2.40. The van der Waals surface area contributed by atoms with Gasteiger partial charge in [-0.15, -0.1) is 0 Å². The van der Waals surface area contributed by atoms with Crippen LogP contribution in [-0.4, -0.2) is 38.6 Å². The van der Waals surface area contributed by atoms with Crippen molar-refractivity contribution in [3.05, 3.63) is 60.3 Å². The number of amides is 1. The maximum atomic E-state index is 12.8. The molecule has 2 aromatic heterocycles. The van der Waals surface area contributed by atoms with Crippen LogP contribution in [0.2, 0.25) is 0 Å². The Kier molecular flexibility index (Phi) is 4.09. The summed E-state index contributed by atoms with van der Waals surface area (Å²) in [5.41, 5.74) is 1.28. The molecule has 0 radical (unpaired) electrons. The van der Waals surface area contributed by atoms with Gasteiger partial charge in [-0.05, 0) is 19.8 Å². The molecular weight excluding hydrogens is 316 g/mol. The number of hydrogen-bond acceptors (Lipinski definition) is 4. The van der Waals surface area contributed by atoms with E-state index in [0.29, 0.717) is 18.0 Å². The molecule has 6 heteroatoms. The van der Waals surface area contributed by atoms with Gasteiger partial charge in [0.25, 0.3) is 5.91 Å². The molecule has 6 nitrogen and oxygen atoms in total. The van der Waals surface area contributed by atoms with Crippen LogP contribution in [0.1, 0.15) is 35.2 Å². The quantitative estimate of drug-likeness (QED) is 0.736. The molecule has 128 valence electrons. The Bertz CT molecular complexity index is 868. The molecule has 3 aromatic rings. The van der Waals surface area contributed by atoms with E-state index in [2.05, 4.69) is 14.7 Å². The van der Waals surface area contributed by atoms with Crippen molar-refractivity contribution in [3.8, 4) is 11.3 Å². The highest BCUT2D eigenvalue weighted by atomic mass is 16.5. The fourth-order valence-corrected chi connectivity index (χ4v) is 3.42. The van der Waals surface area contributed by atoms with Crippen LogP contribution in [-0.2, 0) is 0 Å². The van der Waals surface area contributed by atoms with E-state index in [4.69, 9.17) is 4.52 Å². The van der Waals surface area contributed by atoms with Crippen LogP contribution in [0.15, 0.2) is 53.3 Å². The van der Waals surface area contributed by atoms with Gasteiger partial charge in [0.15, 0.2) is 11.5 Å². The SMILES string of the molecule is Cc1nccn1[C@@H]1CCCN(C(=O)c2cc(-c3ccccc3)on2)C1. The van der Waals surface area contributed by atoms with Gasteiger partial charge in [0, 0.05) is 37.1 Å². The molecule has 1 aromatic carbocycles. The predicted molar refractivity (Wildman–Crippen MR) is 93.1 cm³/mol. The average Bonchev–Trinajstić information content (AvgIpc) is 3.31. The van der Waals surface area contributed by atoms with E-state index in [1.807, 2.05) is 48.4 Å². The molecule has 25 heavy (non-hydrogen) atoms. The van der Waals surface area contributed by atoms with E-state index in [1.54, 1.807) is 12.3 Å². The lowest BCUT2D eigenvalue weighted by molar-refractivity contribution is 0.0668. The topological polar surface area (TPSA) is 64.2 Å². The van der Waals surface area contributed by atoms with Gasteiger partial charge in [-0.2, -0.15) is 0 Å². The number of benzene rings is 1. The monoisotopic (exact) mass is 336 g/mol. The van der Waals surface area contributed by atoms with Gasteiger partial charge in [-0.1, -0.05) is 35.5 Å². The van der Waals surface area contributed by atoms with Crippen LogP contribution in [0, 0.1) is 6.92 Å². The molecule has 1 saturated heterocycles. The lowest BCUT2D eigenvalue weighted by atomic mass is 10.0. The molecule has 1 amide bonds. The van der Waals surface area contributed by atoms with Crippen LogP contribution in [0.4, 0.5) is 0 Å². The molecular formula is C19H20N4O2. The summed E-state index contributed by atoms with van der Waals surface area (Å²) in [5, 5.41) is 3.99. The minimum Gasteiger partial charge on any atom is -0.355 e. The molecule has 1 aliphatic heterocycles. The third kappa shape index (κ3) is 3.07. The minimum absolute atomic E-state index is 0.0756. The van der Waals surface area contributed by atoms with Crippen molar-refractivity contribution >= 4 is 5.91 Å². The largest absolute Gasteiger partial charge is 0.355 e. The van der Waals surface area contributed by atoms with Crippen molar-refractivity contribution in [2.24, 2.45) is 0 Å². The van der Waals surface area contributed by atoms with Crippen molar-refractivity contribution in [2.75, 3.05) is 13.1 Å². The van der Waals surface area contributed by atoms with Gasteiger partial charge >= 0.3 is 0 Å². The van der Waals surface area contributed by atoms with E-state index < -0.39 is 0 Å². The highest BCUT2D eigenvalue weighted by Gasteiger charge is 2.27. The third-order valence-electron chi connectivity index (χ3n) is 4.73. The van der Waals surface area contributed by atoms with Gasteiger partial charge in [0.2, 0.25) is 0 Å².